The van der Waals surface area contributed by atoms with Gasteiger partial charge in [-0.2, -0.15) is 5.10 Å². The third-order valence-electron chi connectivity index (χ3n) is 14.3. The molecule has 1 aliphatic carbocycles. The molecule has 2 N–H and O–H groups in total. The van der Waals surface area contributed by atoms with Gasteiger partial charge in [0.05, 0.1) is 17.1 Å². The molecule has 5 aromatic rings. The molecule has 1 saturated carbocycles. The Morgan fingerprint density at radius 3 is 2.29 bits per heavy atom. The number of hydrogen-bond donors (Lipinski definition) is 2. The summed E-state index contributed by atoms with van der Waals surface area (Å²) in [5.74, 6) is -0.244. The predicted octanol–water partition coefficient (Wildman–Crippen LogP) is 5.94. The van der Waals surface area contributed by atoms with Gasteiger partial charge in [-0.1, -0.05) is 67.4 Å². The van der Waals surface area contributed by atoms with Crippen LogP contribution in [0.2, 0.25) is 0 Å². The van der Waals surface area contributed by atoms with Gasteiger partial charge >= 0.3 is 12.0 Å². The Morgan fingerprint density at radius 2 is 1.55 bits per heavy atom. The number of esters is 1. The smallest absolute Gasteiger partial charge is 0.318 e. The van der Waals surface area contributed by atoms with E-state index in [4.69, 9.17) is 4.74 Å². The van der Waals surface area contributed by atoms with Gasteiger partial charge in [-0.25, -0.2) is 9.48 Å². The van der Waals surface area contributed by atoms with Gasteiger partial charge in [-0.05, 0) is 112 Å². The molecule has 1 atom stereocenters. The lowest BCUT2D eigenvalue weighted by Crippen LogP contribution is -2.59. The minimum absolute atomic E-state index is 0.00372. The third kappa shape index (κ3) is 8.61. The number of carbonyl (C=O) groups is 3. The molecule has 13 heteroatoms. The number of H-pyrrole nitrogens is 1. The number of likely N-dealkylation sites (tertiary alicyclic amines) is 2. The largest absolute Gasteiger partial charge is 0.442 e. The number of amides is 3. The summed E-state index contributed by atoms with van der Waals surface area (Å²) in [5, 5.41) is 9.70. The average molecular weight is 841 g/mol. The van der Waals surface area contributed by atoms with Crippen molar-refractivity contribution in [3.63, 3.8) is 0 Å². The maximum Gasteiger partial charge on any atom is 0.318 e. The van der Waals surface area contributed by atoms with Crippen LogP contribution in [0.3, 0.4) is 0 Å². The zero-order valence-electron chi connectivity index (χ0n) is 36.2. The fourth-order valence-electron chi connectivity index (χ4n) is 10.8. The molecule has 0 spiro atoms. The van der Waals surface area contributed by atoms with Crippen LogP contribution >= 0.6 is 0 Å². The molecule has 0 radical (unpaired) electrons. The standard InChI is InChI=1S/C49H60N8O5/c1-34-28-35(29-38-32-50-57(44(34)38)33-62-47(60)49(18-8-9-19-49)39-11-4-3-5-12-39)30-43(46(59)55-26-24-54(25-27-55)40-16-20-53(2)21-17-40)52-48(61)56-22-14-36(15-23-56)41-31-37-10-6-7-13-42(37)51-45(41)58/h3-7,10-13,28-29,31-32,36,40,43H,8-9,14-27,30,33H2,1-2H3,(H,51,58)(H,52,61). The zero-order chi connectivity index (χ0) is 42.8. The van der Waals surface area contributed by atoms with Crippen molar-refractivity contribution in [3.8, 4) is 0 Å². The van der Waals surface area contributed by atoms with Crippen LogP contribution < -0.4 is 10.9 Å². The SMILES string of the molecule is Cc1cc(CC(NC(=O)N2CCC(c3cc4ccccc4[nH]c3=O)CC2)C(=O)N2CCN(C3CCN(C)CC3)CC2)cc2cnn(COC(=O)C3(c4ccccc4)CCCC3)c12. The highest BCUT2D eigenvalue weighted by atomic mass is 16.5. The Morgan fingerprint density at radius 1 is 0.839 bits per heavy atom. The van der Waals surface area contributed by atoms with Crippen LogP contribution in [0.25, 0.3) is 21.8 Å². The summed E-state index contributed by atoms with van der Waals surface area (Å²) in [4.78, 5) is 67.1. The van der Waals surface area contributed by atoms with E-state index in [1.807, 2.05) is 78.6 Å². The number of benzene rings is 3. The van der Waals surface area contributed by atoms with Crippen molar-refractivity contribution in [3.05, 3.63) is 112 Å². The van der Waals surface area contributed by atoms with Crippen LogP contribution in [0.4, 0.5) is 4.79 Å². The van der Waals surface area contributed by atoms with E-state index in [9.17, 15) is 19.2 Å². The van der Waals surface area contributed by atoms with E-state index in [-0.39, 0.29) is 36.1 Å². The summed E-state index contributed by atoms with van der Waals surface area (Å²) in [6.07, 6.45) is 9.23. The highest BCUT2D eigenvalue weighted by Gasteiger charge is 2.44. The van der Waals surface area contributed by atoms with Crippen LogP contribution in [0, 0.1) is 6.92 Å². The Bertz CT molecular complexity index is 2450. The van der Waals surface area contributed by atoms with Crippen molar-refractivity contribution in [1.29, 1.82) is 0 Å². The molecule has 1 unspecified atom stereocenters. The highest BCUT2D eigenvalue weighted by Crippen LogP contribution is 2.42. The lowest BCUT2D eigenvalue weighted by Gasteiger charge is -2.43. The number of piperazine rings is 1. The molecular weight excluding hydrogens is 781 g/mol. The second-order valence-electron chi connectivity index (χ2n) is 18.2. The van der Waals surface area contributed by atoms with Gasteiger partial charge in [-0.15, -0.1) is 0 Å². The maximum atomic E-state index is 14.5. The van der Waals surface area contributed by atoms with E-state index in [0.29, 0.717) is 51.5 Å². The van der Waals surface area contributed by atoms with Crippen LogP contribution in [-0.2, 0) is 32.9 Å². The fraction of sp³-hybridized carbons (Fsp3) is 0.490. The number of piperidine rings is 2. The molecule has 326 valence electrons. The summed E-state index contributed by atoms with van der Waals surface area (Å²) in [7, 11) is 2.18. The van der Waals surface area contributed by atoms with E-state index < -0.39 is 11.5 Å². The van der Waals surface area contributed by atoms with Gasteiger partial charge in [0.15, 0.2) is 6.73 Å². The number of aromatic amines is 1. The number of aromatic nitrogens is 3. The summed E-state index contributed by atoms with van der Waals surface area (Å²) in [5.41, 5.74) is 4.60. The molecule has 3 amide bonds. The molecular formula is C49H60N8O5. The molecule has 0 bridgehead atoms. The summed E-state index contributed by atoms with van der Waals surface area (Å²) in [6, 6.07) is 23.4. The quantitative estimate of drug-likeness (QED) is 0.165. The molecule has 13 nitrogen and oxygen atoms in total. The number of nitrogens with zero attached hydrogens (tertiary/aromatic N) is 6. The maximum absolute atomic E-state index is 14.5. The van der Waals surface area contributed by atoms with Gasteiger partial charge in [0.2, 0.25) is 5.91 Å². The Hall–Kier alpha value is -5.53. The lowest BCUT2D eigenvalue weighted by molar-refractivity contribution is -0.154. The fourth-order valence-corrected chi connectivity index (χ4v) is 10.8. The first-order chi connectivity index (χ1) is 30.1. The van der Waals surface area contributed by atoms with Gasteiger partial charge in [-0.3, -0.25) is 19.3 Å². The number of ether oxygens (including phenoxy) is 1. The second kappa shape index (κ2) is 18.1. The molecule has 62 heavy (non-hydrogen) atoms. The van der Waals surface area contributed by atoms with Gasteiger partial charge in [0.25, 0.3) is 5.56 Å². The summed E-state index contributed by atoms with van der Waals surface area (Å²) in [6.45, 7) is 8.07. The van der Waals surface area contributed by atoms with Crippen molar-refractivity contribution in [2.24, 2.45) is 0 Å². The topological polar surface area (TPSA) is 136 Å². The number of nitrogens with one attached hydrogen (secondary N) is 2. The van der Waals surface area contributed by atoms with E-state index in [2.05, 4.69) is 38.3 Å². The first-order valence-electron chi connectivity index (χ1n) is 22.7. The minimum atomic E-state index is -0.771. The lowest BCUT2D eigenvalue weighted by atomic mass is 9.79. The number of carbonyl (C=O) groups excluding carboxylic acids is 3. The molecule has 9 rings (SSSR count). The van der Waals surface area contributed by atoms with E-state index >= 15 is 0 Å². The van der Waals surface area contributed by atoms with Gasteiger partial charge in [0, 0.05) is 68.2 Å². The normalized spacial score (nSPS) is 19.8. The summed E-state index contributed by atoms with van der Waals surface area (Å²) < 4.78 is 7.77. The number of urea groups is 1. The Kier molecular flexibility index (Phi) is 12.2. The molecule has 4 aliphatic rings. The zero-order valence-corrected chi connectivity index (χ0v) is 36.2. The van der Waals surface area contributed by atoms with Crippen molar-refractivity contribution in [2.45, 2.75) is 94.9 Å². The van der Waals surface area contributed by atoms with Crippen molar-refractivity contribution in [2.75, 3.05) is 59.4 Å². The third-order valence-corrected chi connectivity index (χ3v) is 14.3. The Labute approximate surface area is 363 Å². The summed E-state index contributed by atoms with van der Waals surface area (Å²) >= 11 is 0. The number of hydrogen-bond acceptors (Lipinski definition) is 8. The molecule has 4 fully saturated rings. The van der Waals surface area contributed by atoms with Crippen LogP contribution in [-0.4, -0.2) is 124 Å². The first-order valence-corrected chi connectivity index (χ1v) is 22.7. The van der Waals surface area contributed by atoms with Crippen molar-refractivity contribution in [1.82, 2.24) is 39.7 Å². The minimum Gasteiger partial charge on any atom is -0.442 e. The van der Waals surface area contributed by atoms with Crippen molar-refractivity contribution < 1.29 is 19.1 Å². The van der Waals surface area contributed by atoms with Gasteiger partial charge < -0.3 is 29.7 Å². The molecule has 2 aromatic heterocycles. The highest BCUT2D eigenvalue weighted by molar-refractivity contribution is 5.89. The number of fused-ring (bicyclic) bond motifs is 2. The molecule has 5 heterocycles. The van der Waals surface area contributed by atoms with E-state index in [0.717, 1.165) is 109 Å². The number of para-hydroxylation sites is 1. The van der Waals surface area contributed by atoms with Crippen LogP contribution in [0.15, 0.2) is 83.8 Å². The molecule has 3 aromatic carbocycles. The van der Waals surface area contributed by atoms with E-state index in [1.54, 1.807) is 15.8 Å². The van der Waals surface area contributed by atoms with Crippen LogP contribution in [0.5, 0.6) is 0 Å². The molecule has 3 aliphatic heterocycles. The van der Waals surface area contributed by atoms with Crippen molar-refractivity contribution >= 4 is 39.7 Å². The predicted molar refractivity (Wildman–Crippen MR) is 240 cm³/mol. The van der Waals surface area contributed by atoms with Crippen LogP contribution in [0.1, 0.15) is 79.5 Å². The Balaban J connectivity index is 0.895. The number of pyridine rings is 1. The molecule has 3 saturated heterocycles. The number of rotatable bonds is 10. The van der Waals surface area contributed by atoms with E-state index in [1.165, 1.54) is 0 Å². The number of aryl methyl sites for hydroxylation is 1. The monoisotopic (exact) mass is 840 g/mol. The average Bonchev–Trinajstić information content (AvgIpc) is 3.97. The first kappa shape index (κ1) is 41.8. The second-order valence-corrected chi connectivity index (χ2v) is 18.2. The van der Waals surface area contributed by atoms with Gasteiger partial charge in [0.1, 0.15) is 6.04 Å².